The van der Waals surface area contributed by atoms with Gasteiger partial charge in [-0.15, -0.1) is 0 Å². The Morgan fingerprint density at radius 2 is 1.26 bits per heavy atom. The molecule has 0 atom stereocenters. The molecule has 0 aliphatic carbocycles. The third-order valence-electron chi connectivity index (χ3n) is 7.15. The Kier molecular flexibility index (Phi) is 6.55. The smallest absolute Gasteiger partial charge is 0.221 e. The van der Waals surface area contributed by atoms with E-state index in [0.717, 1.165) is 65.7 Å². The summed E-state index contributed by atoms with van der Waals surface area (Å²) in [6.07, 6.45) is 5.53. The van der Waals surface area contributed by atoms with Crippen molar-refractivity contribution in [3.05, 3.63) is 83.3 Å². The average molecular weight is 559 g/mol. The summed E-state index contributed by atoms with van der Waals surface area (Å²) in [5, 5.41) is 15.4. The molecule has 5 heterocycles. The number of aromatic nitrogens is 4. The Morgan fingerprint density at radius 3 is 1.81 bits per heavy atom. The highest BCUT2D eigenvalue weighted by Gasteiger charge is 2.20. The van der Waals surface area contributed by atoms with Gasteiger partial charge in [0.05, 0.1) is 48.3 Å². The van der Waals surface area contributed by atoms with Gasteiger partial charge in [0.2, 0.25) is 17.7 Å². The SMILES string of the molecule is Cc1ccc(-c2nc3n(ccc4nc(-c5ccc(C)cc5)c(/C=N/NC5=NCCN5)n43)c2/C=N/NC2=NCCN2)cc1. The first kappa shape index (κ1) is 25.4. The van der Waals surface area contributed by atoms with Crippen LogP contribution in [0.5, 0.6) is 0 Å². The number of hydrazone groups is 2. The minimum Gasteiger partial charge on any atom is -0.353 e. The Balaban J connectivity index is 1.42. The second kappa shape index (κ2) is 10.8. The van der Waals surface area contributed by atoms with Crippen molar-refractivity contribution in [2.45, 2.75) is 13.8 Å². The molecule has 2 aliphatic rings. The first-order valence-corrected chi connectivity index (χ1v) is 13.9. The molecule has 0 saturated carbocycles. The second-order valence-corrected chi connectivity index (χ2v) is 10.2. The summed E-state index contributed by atoms with van der Waals surface area (Å²) in [7, 11) is 0. The summed E-state index contributed by atoms with van der Waals surface area (Å²) in [5.74, 6) is 1.99. The number of guanidine groups is 2. The molecule has 0 spiro atoms. The average Bonchev–Trinajstić information content (AvgIpc) is 3.81. The molecule has 3 aromatic heterocycles. The van der Waals surface area contributed by atoms with Crippen molar-refractivity contribution in [2.24, 2.45) is 20.2 Å². The molecule has 7 rings (SSSR count). The molecule has 0 unspecified atom stereocenters. The highest BCUT2D eigenvalue weighted by atomic mass is 15.4. The number of aliphatic imine (C=N–C) groups is 2. The Labute approximate surface area is 242 Å². The van der Waals surface area contributed by atoms with E-state index < -0.39 is 0 Å². The predicted molar refractivity (Wildman–Crippen MR) is 166 cm³/mol. The number of fused-ring (bicyclic) bond motifs is 3. The van der Waals surface area contributed by atoms with Gasteiger partial charge in [-0.2, -0.15) is 10.2 Å². The first-order chi connectivity index (χ1) is 20.6. The number of imidazole rings is 2. The zero-order chi connectivity index (χ0) is 28.5. The molecule has 0 bridgehead atoms. The fraction of sp³-hybridized carbons (Fsp3) is 0.200. The Hall–Kier alpha value is -5.52. The molecule has 210 valence electrons. The lowest BCUT2D eigenvalue weighted by Crippen LogP contribution is -2.30. The van der Waals surface area contributed by atoms with E-state index in [1.807, 2.05) is 21.1 Å². The summed E-state index contributed by atoms with van der Waals surface area (Å²) in [4.78, 5) is 18.9. The number of hydrogen-bond donors (Lipinski definition) is 4. The van der Waals surface area contributed by atoms with Gasteiger partial charge < -0.3 is 10.6 Å². The third-order valence-corrected chi connectivity index (χ3v) is 7.15. The van der Waals surface area contributed by atoms with Gasteiger partial charge in [0.15, 0.2) is 0 Å². The van der Waals surface area contributed by atoms with E-state index in [0.29, 0.717) is 17.7 Å². The van der Waals surface area contributed by atoms with Gasteiger partial charge in [0, 0.05) is 30.4 Å². The van der Waals surface area contributed by atoms with Crippen LogP contribution in [0.3, 0.4) is 0 Å². The minimum absolute atomic E-state index is 0.650. The van der Waals surface area contributed by atoms with Crippen molar-refractivity contribution in [1.29, 1.82) is 0 Å². The monoisotopic (exact) mass is 558 g/mol. The highest BCUT2D eigenvalue weighted by molar-refractivity contribution is 5.93. The van der Waals surface area contributed by atoms with Crippen LogP contribution in [-0.4, -0.2) is 69.3 Å². The molecule has 0 radical (unpaired) electrons. The largest absolute Gasteiger partial charge is 0.353 e. The molecule has 0 amide bonds. The Morgan fingerprint density at radius 1 is 0.714 bits per heavy atom. The van der Waals surface area contributed by atoms with Crippen molar-refractivity contribution in [1.82, 2.24) is 40.3 Å². The number of rotatable bonds is 6. The van der Waals surface area contributed by atoms with Crippen LogP contribution in [0.15, 0.2) is 81.0 Å². The molecular weight excluding hydrogens is 528 g/mol. The van der Waals surface area contributed by atoms with Gasteiger partial charge in [-0.3, -0.25) is 8.80 Å². The van der Waals surface area contributed by atoms with Crippen LogP contribution >= 0.6 is 0 Å². The van der Waals surface area contributed by atoms with Crippen molar-refractivity contribution >= 4 is 35.8 Å². The van der Waals surface area contributed by atoms with Gasteiger partial charge >= 0.3 is 0 Å². The van der Waals surface area contributed by atoms with Crippen molar-refractivity contribution in [3.8, 4) is 22.5 Å². The maximum absolute atomic E-state index is 5.16. The molecule has 2 aromatic carbocycles. The maximum atomic E-state index is 5.16. The van der Waals surface area contributed by atoms with Crippen LogP contribution in [0, 0.1) is 13.8 Å². The first-order valence-electron chi connectivity index (χ1n) is 13.9. The molecule has 0 saturated heterocycles. The summed E-state index contributed by atoms with van der Waals surface area (Å²) in [6.45, 7) is 7.19. The fourth-order valence-corrected chi connectivity index (χ4v) is 5.00. The lowest BCUT2D eigenvalue weighted by molar-refractivity contribution is 0.918. The van der Waals surface area contributed by atoms with Crippen LogP contribution in [0.25, 0.3) is 33.9 Å². The summed E-state index contributed by atoms with van der Waals surface area (Å²) in [5.41, 5.74) is 14.3. The van der Waals surface area contributed by atoms with Crippen LogP contribution < -0.4 is 21.5 Å². The normalized spacial score (nSPS) is 15.0. The van der Waals surface area contributed by atoms with E-state index in [4.69, 9.17) is 9.97 Å². The van der Waals surface area contributed by atoms with Gasteiger partial charge in [0.1, 0.15) is 5.65 Å². The quantitative estimate of drug-likeness (QED) is 0.187. The Bertz CT molecular complexity index is 1890. The van der Waals surface area contributed by atoms with Gasteiger partial charge in [-0.1, -0.05) is 59.7 Å². The zero-order valence-electron chi connectivity index (χ0n) is 23.3. The van der Waals surface area contributed by atoms with E-state index in [1.165, 1.54) is 11.1 Å². The van der Waals surface area contributed by atoms with Crippen molar-refractivity contribution < 1.29 is 0 Å². The van der Waals surface area contributed by atoms with E-state index in [9.17, 15) is 0 Å². The van der Waals surface area contributed by atoms with Gasteiger partial charge in [-0.25, -0.2) is 30.8 Å². The van der Waals surface area contributed by atoms with Gasteiger partial charge in [0.25, 0.3) is 0 Å². The summed E-state index contributed by atoms with van der Waals surface area (Å²) in [6, 6.07) is 18.6. The molecule has 12 nitrogen and oxygen atoms in total. The number of nitrogens with zero attached hydrogens (tertiary/aromatic N) is 8. The van der Waals surface area contributed by atoms with Gasteiger partial charge in [-0.05, 0) is 19.9 Å². The molecular formula is C30H30N12. The molecule has 0 fully saturated rings. The molecule has 5 aromatic rings. The highest BCUT2D eigenvalue weighted by Crippen LogP contribution is 2.29. The standard InChI is InChI=1S/C30H30N12/c1-19-3-7-21(8-4-19)26-23(17-35-39-28-31-12-13-32-28)41-16-11-25-37-27(22-9-5-20(2)6-10-22)24(42(25)30(41)38-26)18-36-40-29-33-14-15-34-29/h3-11,16-18H,12-15H2,1-2H3,(H2,31,32,39)(H2,33,34,40)/b35-17+,36-18+. The van der Waals surface area contributed by atoms with Crippen LogP contribution in [-0.2, 0) is 0 Å². The lowest BCUT2D eigenvalue weighted by atomic mass is 10.1. The molecule has 4 N–H and O–H groups in total. The number of benzene rings is 2. The van der Waals surface area contributed by atoms with E-state index >= 15 is 0 Å². The number of hydrogen-bond acceptors (Lipinski definition) is 10. The summed E-state index contributed by atoms with van der Waals surface area (Å²) >= 11 is 0. The molecule has 12 heteroatoms. The van der Waals surface area contributed by atoms with E-state index in [2.05, 4.69) is 104 Å². The number of aryl methyl sites for hydroxylation is 2. The van der Waals surface area contributed by atoms with Crippen LogP contribution in [0.4, 0.5) is 0 Å². The van der Waals surface area contributed by atoms with E-state index in [-0.39, 0.29) is 0 Å². The third kappa shape index (κ3) is 4.83. The lowest BCUT2D eigenvalue weighted by Gasteiger charge is -2.04. The fourth-order valence-electron chi connectivity index (χ4n) is 5.00. The minimum atomic E-state index is 0.650. The molecule has 2 aliphatic heterocycles. The number of nitrogens with one attached hydrogen (secondary N) is 4. The maximum Gasteiger partial charge on any atom is 0.221 e. The summed E-state index contributed by atoms with van der Waals surface area (Å²) < 4.78 is 4.04. The van der Waals surface area contributed by atoms with E-state index in [1.54, 1.807) is 12.4 Å². The second-order valence-electron chi connectivity index (χ2n) is 10.2. The van der Waals surface area contributed by atoms with Crippen LogP contribution in [0.2, 0.25) is 0 Å². The molecule has 42 heavy (non-hydrogen) atoms. The van der Waals surface area contributed by atoms with Crippen LogP contribution in [0.1, 0.15) is 22.5 Å². The van der Waals surface area contributed by atoms with Crippen molar-refractivity contribution in [2.75, 3.05) is 26.2 Å². The van der Waals surface area contributed by atoms with Crippen molar-refractivity contribution in [3.63, 3.8) is 0 Å². The topological polar surface area (TPSA) is 132 Å². The predicted octanol–water partition coefficient (Wildman–Crippen LogP) is 2.70. The zero-order valence-corrected chi connectivity index (χ0v) is 23.3.